The first kappa shape index (κ1) is 15.6. The summed E-state index contributed by atoms with van der Waals surface area (Å²) in [6, 6.07) is 22.4. The molecule has 0 bridgehead atoms. The van der Waals surface area contributed by atoms with Gasteiger partial charge in [-0.15, -0.1) is 0 Å². The molecule has 3 heteroatoms. The number of ether oxygens (including phenoxy) is 3. The molecule has 0 aromatic heterocycles. The van der Waals surface area contributed by atoms with Crippen molar-refractivity contribution >= 4 is 0 Å². The maximum Gasteiger partial charge on any atom is 0.149 e. The molecule has 3 aromatic carbocycles. The highest BCUT2D eigenvalue weighted by Crippen LogP contribution is 2.45. The minimum absolute atomic E-state index is 0.147. The molecule has 0 aliphatic carbocycles. The van der Waals surface area contributed by atoms with Crippen molar-refractivity contribution in [1.29, 1.82) is 0 Å². The summed E-state index contributed by atoms with van der Waals surface area (Å²) < 4.78 is 17.3. The summed E-state index contributed by atoms with van der Waals surface area (Å²) in [4.78, 5) is 0. The van der Waals surface area contributed by atoms with Gasteiger partial charge in [0, 0.05) is 11.1 Å². The molecule has 126 valence electrons. The fraction of sp³-hybridized carbons (Fsp3) is 0.182. The molecule has 25 heavy (non-hydrogen) atoms. The summed E-state index contributed by atoms with van der Waals surface area (Å²) in [7, 11) is 1.69. The zero-order chi connectivity index (χ0) is 17.2. The Labute approximate surface area is 147 Å². The van der Waals surface area contributed by atoms with E-state index in [0.29, 0.717) is 6.61 Å². The predicted octanol–water partition coefficient (Wildman–Crippen LogP) is 5.24. The van der Waals surface area contributed by atoms with Gasteiger partial charge in [-0.1, -0.05) is 36.4 Å². The van der Waals surface area contributed by atoms with Gasteiger partial charge in [0.2, 0.25) is 0 Å². The third-order valence-electron chi connectivity index (χ3n) is 4.46. The summed E-state index contributed by atoms with van der Waals surface area (Å²) in [5.74, 6) is 2.61. The van der Waals surface area contributed by atoms with Gasteiger partial charge in [0.05, 0.1) is 13.7 Å². The molecule has 0 saturated carbocycles. The van der Waals surface area contributed by atoms with Crippen LogP contribution in [-0.2, 0) is 0 Å². The average Bonchev–Trinajstić information content (AvgIpc) is 2.68. The monoisotopic (exact) mass is 332 g/mol. The van der Waals surface area contributed by atoms with Crippen LogP contribution in [0.4, 0.5) is 0 Å². The lowest BCUT2D eigenvalue weighted by Gasteiger charge is -2.29. The van der Waals surface area contributed by atoms with Gasteiger partial charge >= 0.3 is 0 Å². The van der Waals surface area contributed by atoms with E-state index in [9.17, 15) is 0 Å². The first-order valence-electron chi connectivity index (χ1n) is 8.47. The van der Waals surface area contributed by atoms with Gasteiger partial charge in [0.15, 0.2) is 0 Å². The summed E-state index contributed by atoms with van der Waals surface area (Å²) >= 11 is 0. The number of rotatable bonds is 4. The van der Waals surface area contributed by atoms with Crippen LogP contribution in [0.5, 0.6) is 17.2 Å². The van der Waals surface area contributed by atoms with Gasteiger partial charge in [0.25, 0.3) is 0 Å². The lowest BCUT2D eigenvalue weighted by atomic mass is 9.89. The van der Waals surface area contributed by atoms with Crippen molar-refractivity contribution in [3.8, 4) is 28.4 Å². The molecule has 0 amide bonds. The first-order valence-corrected chi connectivity index (χ1v) is 8.47. The quantitative estimate of drug-likeness (QED) is 0.654. The van der Waals surface area contributed by atoms with Crippen LogP contribution in [0, 0.1) is 0 Å². The van der Waals surface area contributed by atoms with E-state index in [1.807, 2.05) is 43.3 Å². The molecule has 0 radical (unpaired) electrons. The summed E-state index contributed by atoms with van der Waals surface area (Å²) in [5, 5.41) is 0. The Hall–Kier alpha value is -2.94. The molecule has 3 aromatic rings. The number of methoxy groups -OCH3 is 1. The Balaban J connectivity index is 1.80. The zero-order valence-electron chi connectivity index (χ0n) is 14.4. The zero-order valence-corrected chi connectivity index (χ0v) is 14.4. The Morgan fingerprint density at radius 3 is 2.40 bits per heavy atom. The molecule has 1 aliphatic rings. The minimum Gasteiger partial charge on any atom is -0.497 e. The second-order valence-electron chi connectivity index (χ2n) is 5.95. The van der Waals surface area contributed by atoms with E-state index in [1.54, 1.807) is 7.11 Å². The summed E-state index contributed by atoms with van der Waals surface area (Å²) in [6.45, 7) is 2.65. The van der Waals surface area contributed by atoms with E-state index >= 15 is 0 Å². The van der Waals surface area contributed by atoms with Crippen molar-refractivity contribution < 1.29 is 14.2 Å². The highest BCUT2D eigenvalue weighted by molar-refractivity contribution is 5.77. The van der Waals surface area contributed by atoms with E-state index in [1.165, 1.54) is 0 Å². The van der Waals surface area contributed by atoms with Crippen molar-refractivity contribution in [3.05, 3.63) is 77.9 Å². The van der Waals surface area contributed by atoms with Crippen LogP contribution >= 0.6 is 0 Å². The topological polar surface area (TPSA) is 27.7 Å². The number of para-hydroxylation sites is 1. The third kappa shape index (κ3) is 2.82. The Morgan fingerprint density at radius 1 is 0.880 bits per heavy atom. The number of benzene rings is 3. The standard InChI is InChI=1S/C22H20O3/c1-3-24-16-10-8-15(9-11-16)22-19-13-12-17(23-2)14-20(19)18-6-4-5-7-21(18)25-22/h4-14,22H,3H2,1-2H3. The van der Waals surface area contributed by atoms with Gasteiger partial charge in [-0.3, -0.25) is 0 Å². The van der Waals surface area contributed by atoms with E-state index in [-0.39, 0.29) is 6.10 Å². The average molecular weight is 332 g/mol. The molecule has 1 heterocycles. The van der Waals surface area contributed by atoms with Gasteiger partial charge < -0.3 is 14.2 Å². The molecule has 4 rings (SSSR count). The SMILES string of the molecule is CCOc1ccc(C2Oc3ccccc3-c3cc(OC)ccc32)cc1. The highest BCUT2D eigenvalue weighted by Gasteiger charge is 2.27. The van der Waals surface area contributed by atoms with Crippen LogP contribution in [0.25, 0.3) is 11.1 Å². The number of hydrogen-bond acceptors (Lipinski definition) is 3. The molecule has 1 unspecified atom stereocenters. The summed E-state index contributed by atoms with van der Waals surface area (Å²) in [5.41, 5.74) is 4.49. The molecule has 1 aliphatic heterocycles. The minimum atomic E-state index is -0.147. The Bertz CT molecular complexity index is 884. The van der Waals surface area contributed by atoms with Crippen molar-refractivity contribution in [2.45, 2.75) is 13.0 Å². The van der Waals surface area contributed by atoms with Crippen LogP contribution in [0.1, 0.15) is 24.2 Å². The van der Waals surface area contributed by atoms with Crippen molar-refractivity contribution in [3.63, 3.8) is 0 Å². The molecule has 0 N–H and O–H groups in total. The maximum atomic E-state index is 6.34. The highest BCUT2D eigenvalue weighted by atomic mass is 16.5. The van der Waals surface area contributed by atoms with Crippen molar-refractivity contribution in [2.24, 2.45) is 0 Å². The van der Waals surface area contributed by atoms with Crippen LogP contribution in [-0.4, -0.2) is 13.7 Å². The fourth-order valence-corrected chi connectivity index (χ4v) is 3.26. The second kappa shape index (κ2) is 6.52. The van der Waals surface area contributed by atoms with Crippen LogP contribution < -0.4 is 14.2 Å². The second-order valence-corrected chi connectivity index (χ2v) is 5.95. The van der Waals surface area contributed by atoms with E-state index in [2.05, 4.69) is 30.3 Å². The van der Waals surface area contributed by atoms with E-state index in [4.69, 9.17) is 14.2 Å². The lowest BCUT2D eigenvalue weighted by molar-refractivity contribution is 0.243. The van der Waals surface area contributed by atoms with Gasteiger partial charge in [-0.05, 0) is 48.4 Å². The van der Waals surface area contributed by atoms with Crippen LogP contribution in [0.3, 0.4) is 0 Å². The molecule has 0 saturated heterocycles. The lowest BCUT2D eigenvalue weighted by Crippen LogP contribution is -2.15. The molecule has 1 atom stereocenters. The molecule has 0 spiro atoms. The van der Waals surface area contributed by atoms with Crippen molar-refractivity contribution in [1.82, 2.24) is 0 Å². The molecule has 0 fully saturated rings. The number of hydrogen-bond donors (Lipinski definition) is 0. The van der Waals surface area contributed by atoms with E-state index in [0.717, 1.165) is 39.5 Å². The number of fused-ring (bicyclic) bond motifs is 3. The first-order chi connectivity index (χ1) is 12.3. The molecule has 3 nitrogen and oxygen atoms in total. The smallest absolute Gasteiger partial charge is 0.149 e. The molecular weight excluding hydrogens is 312 g/mol. The normalized spacial score (nSPS) is 14.9. The molecular formula is C22H20O3. The van der Waals surface area contributed by atoms with E-state index < -0.39 is 0 Å². The van der Waals surface area contributed by atoms with Gasteiger partial charge in [-0.25, -0.2) is 0 Å². The summed E-state index contributed by atoms with van der Waals surface area (Å²) in [6.07, 6.45) is -0.147. The van der Waals surface area contributed by atoms with Crippen molar-refractivity contribution in [2.75, 3.05) is 13.7 Å². The Kier molecular flexibility index (Phi) is 4.06. The largest absolute Gasteiger partial charge is 0.497 e. The third-order valence-corrected chi connectivity index (χ3v) is 4.46. The van der Waals surface area contributed by atoms with Gasteiger partial charge in [-0.2, -0.15) is 0 Å². The fourth-order valence-electron chi connectivity index (χ4n) is 3.26. The van der Waals surface area contributed by atoms with Crippen LogP contribution in [0.15, 0.2) is 66.7 Å². The van der Waals surface area contributed by atoms with Crippen LogP contribution in [0.2, 0.25) is 0 Å². The Morgan fingerprint density at radius 2 is 1.64 bits per heavy atom. The predicted molar refractivity (Wildman–Crippen MR) is 98.5 cm³/mol. The van der Waals surface area contributed by atoms with Gasteiger partial charge in [0.1, 0.15) is 23.4 Å². The maximum absolute atomic E-state index is 6.34.